The van der Waals surface area contributed by atoms with E-state index in [0.29, 0.717) is 0 Å². The summed E-state index contributed by atoms with van der Waals surface area (Å²) in [5.74, 6) is -0.439. The minimum absolute atomic E-state index is 0.0473. The van der Waals surface area contributed by atoms with E-state index >= 15 is 0 Å². The van der Waals surface area contributed by atoms with E-state index in [2.05, 4.69) is 5.32 Å². The Hall–Kier alpha value is -0.810. The number of nitrogens with one attached hydrogen (secondary N) is 1. The summed E-state index contributed by atoms with van der Waals surface area (Å²) < 4.78 is 33.7. The fraction of sp³-hybridized carbons (Fsp3) is 0.933. The van der Waals surface area contributed by atoms with Crippen LogP contribution in [-0.2, 0) is 33.2 Å². The van der Waals surface area contributed by atoms with Crippen molar-refractivity contribution in [2.75, 3.05) is 13.7 Å². The molecular weight excluding hydrogens is 322 g/mol. The lowest BCUT2D eigenvalue weighted by atomic mass is 10.0. The molecule has 9 nitrogen and oxygen atoms in total. The van der Waals surface area contributed by atoms with Crippen molar-refractivity contribution in [2.45, 2.75) is 76.2 Å². The Morgan fingerprint density at radius 2 is 1.88 bits per heavy atom. The van der Waals surface area contributed by atoms with E-state index in [1.807, 2.05) is 0 Å². The van der Waals surface area contributed by atoms with Crippen molar-refractivity contribution in [3.05, 3.63) is 0 Å². The topological polar surface area (TPSA) is 105 Å². The van der Waals surface area contributed by atoms with Crippen molar-refractivity contribution in [1.29, 1.82) is 0 Å². The largest absolute Gasteiger partial charge is 0.444 e. The molecule has 7 unspecified atom stereocenters. The summed E-state index contributed by atoms with van der Waals surface area (Å²) in [7, 11) is 1.70. The Labute approximate surface area is 140 Å². The molecule has 0 bridgehead atoms. The van der Waals surface area contributed by atoms with Crippen LogP contribution in [0.15, 0.2) is 0 Å². The molecule has 0 aliphatic carbocycles. The SMILES string of the molecule is CNC(C)(C)OC(=O)CC1OC2OC3C(CO)OC(C)OC3C2O1. The van der Waals surface area contributed by atoms with Gasteiger partial charge in [-0.2, -0.15) is 0 Å². The summed E-state index contributed by atoms with van der Waals surface area (Å²) in [6, 6.07) is 0. The highest BCUT2D eigenvalue weighted by Crippen LogP contribution is 2.39. The van der Waals surface area contributed by atoms with Gasteiger partial charge in [0.25, 0.3) is 0 Å². The Morgan fingerprint density at radius 1 is 1.12 bits per heavy atom. The normalized spacial score (nSPS) is 41.8. The number of ether oxygens (including phenoxy) is 6. The fourth-order valence-electron chi connectivity index (χ4n) is 3.05. The second-order valence-electron chi connectivity index (χ2n) is 6.60. The van der Waals surface area contributed by atoms with E-state index in [4.69, 9.17) is 28.4 Å². The first-order valence-corrected chi connectivity index (χ1v) is 8.12. The molecule has 0 saturated carbocycles. The van der Waals surface area contributed by atoms with Crippen molar-refractivity contribution >= 4 is 5.97 Å². The van der Waals surface area contributed by atoms with Gasteiger partial charge in [0, 0.05) is 0 Å². The van der Waals surface area contributed by atoms with Gasteiger partial charge in [-0.15, -0.1) is 0 Å². The molecule has 0 aromatic heterocycles. The number of aliphatic hydroxyl groups is 1. The molecule has 0 amide bonds. The molecule has 9 heteroatoms. The molecule has 24 heavy (non-hydrogen) atoms. The van der Waals surface area contributed by atoms with Crippen LogP contribution in [-0.4, -0.2) is 73.7 Å². The molecule has 2 N–H and O–H groups in total. The molecule has 3 fully saturated rings. The molecule has 0 spiro atoms. The van der Waals surface area contributed by atoms with Crippen molar-refractivity contribution in [3.63, 3.8) is 0 Å². The third kappa shape index (κ3) is 3.57. The predicted octanol–water partition coefficient (Wildman–Crippen LogP) is -0.536. The highest BCUT2D eigenvalue weighted by molar-refractivity contribution is 5.70. The van der Waals surface area contributed by atoms with Crippen molar-refractivity contribution < 1.29 is 38.3 Å². The van der Waals surface area contributed by atoms with Gasteiger partial charge in [-0.3, -0.25) is 10.1 Å². The minimum Gasteiger partial charge on any atom is -0.444 e. The van der Waals surface area contributed by atoms with Crippen LogP contribution in [0.2, 0.25) is 0 Å². The van der Waals surface area contributed by atoms with E-state index < -0.39 is 55.0 Å². The second-order valence-corrected chi connectivity index (χ2v) is 6.60. The summed E-state index contributed by atoms with van der Waals surface area (Å²) in [5, 5.41) is 12.3. The van der Waals surface area contributed by atoms with Gasteiger partial charge in [0.2, 0.25) is 0 Å². The van der Waals surface area contributed by atoms with Gasteiger partial charge in [-0.25, -0.2) is 0 Å². The van der Waals surface area contributed by atoms with E-state index in [-0.39, 0.29) is 13.0 Å². The first-order chi connectivity index (χ1) is 11.3. The fourth-order valence-corrected chi connectivity index (χ4v) is 3.05. The molecule has 3 aliphatic heterocycles. The van der Waals surface area contributed by atoms with Crippen LogP contribution >= 0.6 is 0 Å². The van der Waals surface area contributed by atoms with E-state index in [9.17, 15) is 9.90 Å². The monoisotopic (exact) mass is 347 g/mol. The Morgan fingerprint density at radius 3 is 2.54 bits per heavy atom. The predicted molar refractivity (Wildman–Crippen MR) is 78.5 cm³/mol. The van der Waals surface area contributed by atoms with E-state index in [1.54, 1.807) is 27.8 Å². The van der Waals surface area contributed by atoms with Crippen LogP contribution in [0.5, 0.6) is 0 Å². The summed E-state index contributed by atoms with van der Waals surface area (Å²) in [5.41, 5.74) is -0.763. The zero-order valence-electron chi connectivity index (χ0n) is 14.3. The third-order valence-corrected chi connectivity index (χ3v) is 4.37. The first-order valence-electron chi connectivity index (χ1n) is 8.12. The minimum atomic E-state index is -0.763. The van der Waals surface area contributed by atoms with Gasteiger partial charge in [-0.05, 0) is 27.8 Å². The number of hydrogen-bond donors (Lipinski definition) is 2. The third-order valence-electron chi connectivity index (χ3n) is 4.37. The Bertz CT molecular complexity index is 472. The maximum atomic E-state index is 12.0. The van der Waals surface area contributed by atoms with Crippen LogP contribution in [0, 0.1) is 0 Å². The molecule has 3 aliphatic rings. The van der Waals surface area contributed by atoms with Crippen LogP contribution in [0.3, 0.4) is 0 Å². The number of carbonyl (C=O) groups is 1. The quantitative estimate of drug-likeness (QED) is 0.501. The van der Waals surface area contributed by atoms with Crippen LogP contribution < -0.4 is 5.32 Å². The number of hydrogen-bond acceptors (Lipinski definition) is 9. The van der Waals surface area contributed by atoms with Gasteiger partial charge in [0.1, 0.15) is 24.4 Å². The average Bonchev–Trinajstić information content (AvgIpc) is 3.03. The van der Waals surface area contributed by atoms with Crippen LogP contribution in [0.25, 0.3) is 0 Å². The van der Waals surface area contributed by atoms with Gasteiger partial charge >= 0.3 is 5.97 Å². The average molecular weight is 347 g/mol. The molecule has 3 saturated heterocycles. The molecule has 3 heterocycles. The summed E-state index contributed by atoms with van der Waals surface area (Å²) >= 11 is 0. The van der Waals surface area contributed by atoms with Gasteiger partial charge in [0.05, 0.1) is 13.0 Å². The zero-order valence-corrected chi connectivity index (χ0v) is 14.3. The number of rotatable bonds is 5. The lowest BCUT2D eigenvalue weighted by Gasteiger charge is -2.37. The van der Waals surface area contributed by atoms with Crippen molar-refractivity contribution in [1.82, 2.24) is 5.32 Å². The summed E-state index contributed by atoms with van der Waals surface area (Å²) in [6.07, 6.45) is -3.76. The summed E-state index contributed by atoms with van der Waals surface area (Å²) in [6.45, 7) is 5.06. The Balaban J connectivity index is 1.56. The summed E-state index contributed by atoms with van der Waals surface area (Å²) in [4.78, 5) is 12.0. The zero-order chi connectivity index (χ0) is 17.5. The Kier molecular flexibility index (Phi) is 5.12. The maximum absolute atomic E-state index is 12.0. The molecule has 7 atom stereocenters. The molecule has 0 aromatic rings. The lowest BCUT2D eigenvalue weighted by Crippen LogP contribution is -2.52. The molecule has 0 aromatic carbocycles. The van der Waals surface area contributed by atoms with Gasteiger partial charge in [0.15, 0.2) is 24.6 Å². The standard InChI is InChI=1S/C15H25NO8/c1-7-19-8(6-17)11-12(20-7)13-14(23-11)22-10(21-13)5-9(18)24-15(2,3)16-4/h7-8,10-14,16-17H,5-6H2,1-4H3. The first kappa shape index (κ1) is 18.0. The highest BCUT2D eigenvalue weighted by Gasteiger charge is 2.58. The van der Waals surface area contributed by atoms with E-state index in [0.717, 1.165) is 0 Å². The van der Waals surface area contributed by atoms with Crippen molar-refractivity contribution in [3.8, 4) is 0 Å². The van der Waals surface area contributed by atoms with Crippen molar-refractivity contribution in [2.24, 2.45) is 0 Å². The number of carbonyl (C=O) groups excluding carboxylic acids is 1. The number of esters is 1. The smallest absolute Gasteiger partial charge is 0.312 e. The van der Waals surface area contributed by atoms with Crippen LogP contribution in [0.1, 0.15) is 27.2 Å². The lowest BCUT2D eigenvalue weighted by molar-refractivity contribution is -0.295. The molecule has 3 rings (SSSR count). The number of aliphatic hydroxyl groups excluding tert-OH is 1. The molecule has 0 radical (unpaired) electrons. The van der Waals surface area contributed by atoms with Gasteiger partial charge < -0.3 is 33.5 Å². The molecular formula is C15H25NO8. The number of fused-ring (bicyclic) bond motifs is 3. The second kappa shape index (κ2) is 6.83. The highest BCUT2D eigenvalue weighted by atomic mass is 16.8. The van der Waals surface area contributed by atoms with Crippen LogP contribution in [0.4, 0.5) is 0 Å². The maximum Gasteiger partial charge on any atom is 0.312 e. The molecule has 138 valence electrons. The van der Waals surface area contributed by atoms with E-state index in [1.165, 1.54) is 0 Å². The van der Waals surface area contributed by atoms with Gasteiger partial charge in [-0.1, -0.05) is 0 Å².